The number of halogens is 3. The molecule has 3 aromatic carbocycles. The largest absolute Gasteiger partial charge is 0.573 e. The minimum Gasteiger partial charge on any atom is -0.493 e. The quantitative estimate of drug-likeness (QED) is 0.429. The third kappa shape index (κ3) is 6.16. The Morgan fingerprint density at radius 1 is 0.875 bits per heavy atom. The van der Waals surface area contributed by atoms with Gasteiger partial charge in [-0.1, -0.05) is 30.3 Å². The van der Waals surface area contributed by atoms with Crippen LogP contribution < -0.4 is 20.1 Å². The third-order valence-electron chi connectivity index (χ3n) is 4.87. The van der Waals surface area contributed by atoms with Crippen LogP contribution in [-0.2, 0) is 0 Å². The molecule has 0 aliphatic heterocycles. The van der Waals surface area contributed by atoms with Gasteiger partial charge in [-0.3, -0.25) is 0 Å². The van der Waals surface area contributed by atoms with Gasteiger partial charge in [0.15, 0.2) is 0 Å². The molecule has 0 atom stereocenters. The monoisotopic (exact) mass is 442 g/mol. The van der Waals surface area contributed by atoms with Crippen LogP contribution in [0.5, 0.6) is 11.5 Å². The number of carbonyl (C=O) groups excluding carboxylic acids is 1. The SMILES string of the molecule is O=C(Nc1ccc(OC(F)(F)F)cc1)Nc1ccccc1-c1ccc(OCC2CC2)cc1. The maximum atomic E-state index is 12.4. The van der Waals surface area contributed by atoms with Gasteiger partial charge in [-0.25, -0.2) is 4.79 Å². The Labute approximate surface area is 183 Å². The first-order chi connectivity index (χ1) is 15.4. The second-order valence-electron chi connectivity index (χ2n) is 7.48. The molecule has 1 aliphatic rings. The van der Waals surface area contributed by atoms with Gasteiger partial charge < -0.3 is 20.1 Å². The highest BCUT2D eigenvalue weighted by atomic mass is 19.4. The molecule has 1 aliphatic carbocycles. The first-order valence-corrected chi connectivity index (χ1v) is 10.1. The van der Waals surface area contributed by atoms with Crippen LogP contribution in [-0.4, -0.2) is 19.0 Å². The molecule has 1 saturated carbocycles. The Morgan fingerprint density at radius 3 is 2.19 bits per heavy atom. The Kier molecular flexibility index (Phi) is 6.20. The third-order valence-corrected chi connectivity index (χ3v) is 4.87. The van der Waals surface area contributed by atoms with Crippen LogP contribution in [0, 0.1) is 5.92 Å². The molecule has 0 bridgehead atoms. The van der Waals surface area contributed by atoms with E-state index in [0.717, 1.165) is 35.6 Å². The van der Waals surface area contributed by atoms with Crippen molar-refractivity contribution in [1.82, 2.24) is 0 Å². The summed E-state index contributed by atoms with van der Waals surface area (Å²) in [6, 6.07) is 19.4. The summed E-state index contributed by atoms with van der Waals surface area (Å²) >= 11 is 0. The van der Waals surface area contributed by atoms with Crippen molar-refractivity contribution in [3.05, 3.63) is 72.8 Å². The van der Waals surface area contributed by atoms with E-state index in [1.54, 1.807) is 12.1 Å². The van der Waals surface area contributed by atoms with Crippen molar-refractivity contribution >= 4 is 17.4 Å². The number of rotatable bonds is 7. The molecule has 1 fully saturated rings. The van der Waals surface area contributed by atoms with E-state index in [1.807, 2.05) is 36.4 Å². The van der Waals surface area contributed by atoms with Crippen LogP contribution in [0.3, 0.4) is 0 Å². The fraction of sp³-hybridized carbons (Fsp3) is 0.208. The van der Waals surface area contributed by atoms with Crippen molar-refractivity contribution in [2.75, 3.05) is 17.2 Å². The van der Waals surface area contributed by atoms with E-state index in [0.29, 0.717) is 17.3 Å². The smallest absolute Gasteiger partial charge is 0.493 e. The predicted octanol–water partition coefficient (Wildman–Crippen LogP) is 6.69. The molecule has 0 aromatic heterocycles. The number of urea groups is 1. The van der Waals surface area contributed by atoms with Gasteiger partial charge in [-0.15, -0.1) is 13.2 Å². The number of alkyl halides is 3. The van der Waals surface area contributed by atoms with Gasteiger partial charge in [-0.05, 0) is 66.8 Å². The van der Waals surface area contributed by atoms with E-state index >= 15 is 0 Å². The Bertz CT molecular complexity index is 1060. The van der Waals surface area contributed by atoms with Gasteiger partial charge in [0, 0.05) is 11.3 Å². The number of hydrogen-bond acceptors (Lipinski definition) is 3. The second kappa shape index (κ2) is 9.21. The van der Waals surface area contributed by atoms with Crippen LogP contribution in [0.25, 0.3) is 11.1 Å². The summed E-state index contributed by atoms with van der Waals surface area (Å²) in [6.45, 7) is 0.737. The van der Waals surface area contributed by atoms with Crippen LogP contribution in [0.2, 0.25) is 0 Å². The lowest BCUT2D eigenvalue weighted by atomic mass is 10.0. The van der Waals surface area contributed by atoms with Gasteiger partial charge in [0.2, 0.25) is 0 Å². The van der Waals surface area contributed by atoms with E-state index < -0.39 is 12.4 Å². The van der Waals surface area contributed by atoms with E-state index in [2.05, 4.69) is 15.4 Å². The number of anilines is 2. The summed E-state index contributed by atoms with van der Waals surface area (Å²) in [7, 11) is 0. The minimum absolute atomic E-state index is 0.326. The van der Waals surface area contributed by atoms with Gasteiger partial charge in [0.1, 0.15) is 11.5 Å². The lowest BCUT2D eigenvalue weighted by Gasteiger charge is -2.13. The van der Waals surface area contributed by atoms with Gasteiger partial charge >= 0.3 is 12.4 Å². The Hall–Kier alpha value is -3.68. The minimum atomic E-state index is -4.77. The standard InChI is InChI=1S/C24H21F3N2O3/c25-24(26,27)32-20-13-9-18(10-14-20)28-23(30)29-22-4-2-1-3-21(22)17-7-11-19(12-8-17)31-15-16-5-6-16/h1-4,7-14,16H,5-6,15H2,(H2,28,29,30). The van der Waals surface area contributed by atoms with Gasteiger partial charge in [0.25, 0.3) is 0 Å². The number of ether oxygens (including phenoxy) is 2. The van der Waals surface area contributed by atoms with E-state index in [-0.39, 0.29) is 5.75 Å². The number of para-hydroxylation sites is 1. The maximum Gasteiger partial charge on any atom is 0.573 e. The Morgan fingerprint density at radius 2 is 1.53 bits per heavy atom. The average Bonchev–Trinajstić information content (AvgIpc) is 3.58. The van der Waals surface area contributed by atoms with E-state index in [1.165, 1.54) is 25.0 Å². The summed E-state index contributed by atoms with van der Waals surface area (Å²) < 4.78 is 46.4. The number of nitrogens with one attached hydrogen (secondary N) is 2. The molecule has 0 heterocycles. The number of carbonyl (C=O) groups is 1. The normalized spacial score (nSPS) is 13.3. The van der Waals surface area contributed by atoms with Gasteiger partial charge in [0.05, 0.1) is 12.3 Å². The first kappa shape index (κ1) is 21.5. The molecule has 32 heavy (non-hydrogen) atoms. The lowest BCUT2D eigenvalue weighted by Crippen LogP contribution is -2.20. The first-order valence-electron chi connectivity index (χ1n) is 10.1. The molecule has 0 saturated heterocycles. The number of hydrogen-bond donors (Lipinski definition) is 2. The highest BCUT2D eigenvalue weighted by Crippen LogP contribution is 2.32. The molecule has 0 unspecified atom stereocenters. The molecule has 2 N–H and O–H groups in total. The molecular weight excluding hydrogens is 421 g/mol. The summed E-state index contributed by atoms with van der Waals surface area (Å²) in [5.41, 5.74) is 2.65. The van der Waals surface area contributed by atoms with Crippen molar-refractivity contribution in [3.8, 4) is 22.6 Å². The molecule has 2 amide bonds. The fourth-order valence-corrected chi connectivity index (χ4v) is 3.10. The second-order valence-corrected chi connectivity index (χ2v) is 7.48. The van der Waals surface area contributed by atoms with E-state index in [4.69, 9.17) is 4.74 Å². The van der Waals surface area contributed by atoms with Crippen LogP contribution in [0.4, 0.5) is 29.3 Å². The van der Waals surface area contributed by atoms with Crippen LogP contribution >= 0.6 is 0 Å². The zero-order chi connectivity index (χ0) is 22.6. The zero-order valence-electron chi connectivity index (χ0n) is 17.0. The summed E-state index contributed by atoms with van der Waals surface area (Å²) in [6.07, 6.45) is -2.31. The van der Waals surface area contributed by atoms with E-state index in [9.17, 15) is 18.0 Å². The maximum absolute atomic E-state index is 12.4. The molecule has 0 spiro atoms. The van der Waals surface area contributed by atoms with Crippen molar-refractivity contribution in [2.45, 2.75) is 19.2 Å². The number of benzene rings is 3. The van der Waals surface area contributed by atoms with Gasteiger partial charge in [-0.2, -0.15) is 0 Å². The molecule has 5 nitrogen and oxygen atoms in total. The summed E-state index contributed by atoms with van der Waals surface area (Å²) in [4.78, 5) is 12.4. The van der Waals surface area contributed by atoms with Crippen molar-refractivity contribution in [2.24, 2.45) is 5.92 Å². The highest BCUT2D eigenvalue weighted by Gasteiger charge is 2.31. The molecule has 0 radical (unpaired) electrons. The molecule has 166 valence electrons. The predicted molar refractivity (Wildman–Crippen MR) is 116 cm³/mol. The summed E-state index contributed by atoms with van der Waals surface area (Å²) in [5.74, 6) is 1.12. The lowest BCUT2D eigenvalue weighted by molar-refractivity contribution is -0.274. The van der Waals surface area contributed by atoms with Crippen LogP contribution in [0.1, 0.15) is 12.8 Å². The molecular formula is C24H21F3N2O3. The molecule has 3 aromatic rings. The summed E-state index contributed by atoms with van der Waals surface area (Å²) in [5, 5.41) is 5.38. The molecule has 4 rings (SSSR count). The average molecular weight is 442 g/mol. The molecule has 8 heteroatoms. The van der Waals surface area contributed by atoms with Crippen molar-refractivity contribution in [3.63, 3.8) is 0 Å². The van der Waals surface area contributed by atoms with Crippen molar-refractivity contribution in [1.29, 1.82) is 0 Å². The van der Waals surface area contributed by atoms with Crippen LogP contribution in [0.15, 0.2) is 72.8 Å². The Balaban J connectivity index is 1.39. The highest BCUT2D eigenvalue weighted by molar-refractivity contribution is 6.02. The zero-order valence-corrected chi connectivity index (χ0v) is 17.0. The number of amides is 2. The fourth-order valence-electron chi connectivity index (χ4n) is 3.10. The topological polar surface area (TPSA) is 59.6 Å². The van der Waals surface area contributed by atoms with Crippen molar-refractivity contribution < 1.29 is 27.4 Å².